The van der Waals surface area contributed by atoms with Gasteiger partial charge in [0.2, 0.25) is 0 Å². The minimum Gasteiger partial charge on any atom is -0.236 e. The molecule has 0 atom stereocenters. The van der Waals surface area contributed by atoms with Crippen LogP contribution in [0.5, 0.6) is 0 Å². The van der Waals surface area contributed by atoms with Gasteiger partial charge < -0.3 is 0 Å². The molecule has 0 aromatic rings. The Kier molecular flexibility index (Phi) is 3.68. The van der Waals surface area contributed by atoms with Gasteiger partial charge in [0.15, 0.2) is 0 Å². The molecule has 0 rings (SSSR count). The summed E-state index contributed by atoms with van der Waals surface area (Å²) in [6, 6.07) is 0. The lowest BCUT2D eigenvalue weighted by Crippen LogP contribution is -2.05. The summed E-state index contributed by atoms with van der Waals surface area (Å²) in [4.78, 5) is 0. The van der Waals surface area contributed by atoms with Crippen LogP contribution in [-0.4, -0.2) is 25.6 Å². The van der Waals surface area contributed by atoms with Crippen LogP contribution in [0.3, 0.4) is 0 Å². The molecule has 0 aliphatic rings. The normalized spacial score (nSPS) is 12.7. The molecule has 0 saturated carbocycles. The van der Waals surface area contributed by atoms with Crippen molar-refractivity contribution in [1.29, 1.82) is 0 Å². The van der Waals surface area contributed by atoms with Crippen LogP contribution in [0.25, 0.3) is 0 Å². The smallest absolute Gasteiger partial charge is 0.139 e. The Labute approximate surface area is 59.2 Å². The third kappa shape index (κ3) is 4.87. The molecule has 0 heterocycles. The summed E-state index contributed by atoms with van der Waals surface area (Å²) >= 11 is 0. The molecule has 2 heteroatoms. The molecule has 0 radical (unpaired) electrons. The molecule has 0 N–H and O–H groups in total. The van der Waals surface area contributed by atoms with E-state index in [0.29, 0.717) is 6.10 Å². The molecule has 0 fully saturated rings. The largest absolute Gasteiger partial charge is 0.236 e. The van der Waals surface area contributed by atoms with Gasteiger partial charge in [0.05, 0.1) is 25.6 Å². The van der Waals surface area contributed by atoms with Gasteiger partial charge in [-0.1, -0.05) is 0 Å². The van der Waals surface area contributed by atoms with Crippen molar-refractivity contribution in [2.24, 2.45) is 0 Å². The molecule has 0 amide bonds. The average molecular weight is 149 g/mol. The molecule has 0 bridgehead atoms. The van der Waals surface area contributed by atoms with E-state index in [9.17, 15) is 0 Å². The Bertz CT molecular complexity index is 79.0. The second-order valence-electron chi connectivity index (χ2n) is 3.04. The standard InChI is InChI=1S/C7H18OP/c1-6-9(4,5)8-7(2)3/h7H,6H2,1-5H3/q+1. The predicted octanol–water partition coefficient (Wildman–Crippen LogP) is 2.62. The summed E-state index contributed by atoms with van der Waals surface area (Å²) in [5, 5.41) is 0. The molecule has 56 valence electrons. The van der Waals surface area contributed by atoms with Gasteiger partial charge in [-0.15, -0.1) is 0 Å². The monoisotopic (exact) mass is 149 g/mol. The molecule has 0 saturated heterocycles. The zero-order valence-electron chi connectivity index (χ0n) is 7.14. The lowest BCUT2D eigenvalue weighted by atomic mass is 10.5. The van der Waals surface area contributed by atoms with Gasteiger partial charge in [-0.2, -0.15) is 0 Å². The molecule has 0 aliphatic carbocycles. The van der Waals surface area contributed by atoms with E-state index in [1.807, 2.05) is 0 Å². The van der Waals surface area contributed by atoms with Gasteiger partial charge in [0.25, 0.3) is 0 Å². The number of hydrogen-bond acceptors (Lipinski definition) is 1. The van der Waals surface area contributed by atoms with Gasteiger partial charge in [0, 0.05) is 0 Å². The van der Waals surface area contributed by atoms with Crippen molar-refractivity contribution >= 4 is 7.49 Å². The first-order chi connectivity index (χ1) is 3.98. The summed E-state index contributed by atoms with van der Waals surface area (Å²) in [6.45, 7) is 10.8. The van der Waals surface area contributed by atoms with E-state index in [-0.39, 0.29) is 0 Å². The van der Waals surface area contributed by atoms with E-state index in [4.69, 9.17) is 4.52 Å². The van der Waals surface area contributed by atoms with Crippen LogP contribution < -0.4 is 0 Å². The van der Waals surface area contributed by atoms with Crippen LogP contribution in [0.1, 0.15) is 20.8 Å². The second-order valence-corrected chi connectivity index (χ2v) is 7.04. The molecule has 0 aromatic heterocycles. The van der Waals surface area contributed by atoms with Crippen molar-refractivity contribution in [3.05, 3.63) is 0 Å². The Morgan fingerprint density at radius 1 is 1.33 bits per heavy atom. The predicted molar refractivity (Wildman–Crippen MR) is 45.5 cm³/mol. The Morgan fingerprint density at radius 3 is 1.89 bits per heavy atom. The highest BCUT2D eigenvalue weighted by atomic mass is 31.2. The Hall–Kier alpha value is 0.390. The lowest BCUT2D eigenvalue weighted by Gasteiger charge is -2.16. The quantitative estimate of drug-likeness (QED) is 0.560. The summed E-state index contributed by atoms with van der Waals surface area (Å²) in [5.74, 6) is 0. The number of hydrogen-bond donors (Lipinski definition) is 0. The molecule has 0 aromatic carbocycles. The maximum Gasteiger partial charge on any atom is 0.139 e. The lowest BCUT2D eigenvalue weighted by molar-refractivity contribution is 0.265. The fourth-order valence-corrected chi connectivity index (χ4v) is 1.94. The van der Waals surface area contributed by atoms with Crippen LogP contribution in [0, 0.1) is 0 Å². The van der Waals surface area contributed by atoms with Crippen molar-refractivity contribution in [3.63, 3.8) is 0 Å². The third-order valence-corrected chi connectivity index (χ3v) is 3.77. The highest BCUT2D eigenvalue weighted by Gasteiger charge is 2.24. The second kappa shape index (κ2) is 3.53. The van der Waals surface area contributed by atoms with E-state index >= 15 is 0 Å². The van der Waals surface area contributed by atoms with Crippen molar-refractivity contribution in [2.45, 2.75) is 26.9 Å². The minimum absolute atomic E-state index is 0.397. The first-order valence-electron chi connectivity index (χ1n) is 3.49. The van der Waals surface area contributed by atoms with Crippen molar-refractivity contribution in [2.75, 3.05) is 19.5 Å². The van der Waals surface area contributed by atoms with Crippen LogP contribution in [-0.2, 0) is 4.52 Å². The van der Waals surface area contributed by atoms with Crippen molar-refractivity contribution < 1.29 is 4.52 Å². The number of rotatable bonds is 3. The van der Waals surface area contributed by atoms with Crippen LogP contribution in [0.2, 0.25) is 0 Å². The van der Waals surface area contributed by atoms with Gasteiger partial charge in [-0.25, -0.2) is 4.52 Å². The molecule has 0 spiro atoms. The molecule has 9 heavy (non-hydrogen) atoms. The van der Waals surface area contributed by atoms with E-state index in [0.717, 1.165) is 0 Å². The first-order valence-corrected chi connectivity index (χ1v) is 6.28. The van der Waals surface area contributed by atoms with Gasteiger partial charge >= 0.3 is 0 Å². The van der Waals surface area contributed by atoms with E-state index < -0.39 is 7.49 Å². The molecular formula is C7H18OP+. The summed E-state index contributed by atoms with van der Waals surface area (Å²) < 4.78 is 5.70. The molecule has 0 unspecified atom stereocenters. The fourth-order valence-electron chi connectivity index (χ4n) is 0.645. The maximum atomic E-state index is 5.70. The van der Waals surface area contributed by atoms with E-state index in [1.54, 1.807) is 0 Å². The SMILES string of the molecule is CC[P+](C)(C)OC(C)C. The van der Waals surface area contributed by atoms with Crippen LogP contribution in [0.4, 0.5) is 0 Å². The summed E-state index contributed by atoms with van der Waals surface area (Å²) in [7, 11) is -0.980. The Morgan fingerprint density at radius 2 is 1.78 bits per heavy atom. The van der Waals surface area contributed by atoms with Gasteiger partial charge in [-0.05, 0) is 20.8 Å². The molecule has 0 aliphatic heterocycles. The minimum atomic E-state index is -0.980. The van der Waals surface area contributed by atoms with Crippen LogP contribution >= 0.6 is 7.49 Å². The zero-order chi connectivity index (χ0) is 7.49. The maximum absolute atomic E-state index is 5.70. The van der Waals surface area contributed by atoms with Crippen LogP contribution in [0.15, 0.2) is 0 Å². The fraction of sp³-hybridized carbons (Fsp3) is 1.00. The third-order valence-electron chi connectivity index (χ3n) is 1.26. The van der Waals surface area contributed by atoms with E-state index in [1.165, 1.54) is 6.16 Å². The first kappa shape index (κ1) is 9.39. The summed E-state index contributed by atoms with van der Waals surface area (Å²) in [5.41, 5.74) is 0. The van der Waals surface area contributed by atoms with Gasteiger partial charge in [-0.3, -0.25) is 0 Å². The topological polar surface area (TPSA) is 9.23 Å². The highest BCUT2D eigenvalue weighted by Crippen LogP contribution is 2.52. The van der Waals surface area contributed by atoms with E-state index in [2.05, 4.69) is 34.1 Å². The molecular weight excluding hydrogens is 131 g/mol. The van der Waals surface area contributed by atoms with Gasteiger partial charge in [0.1, 0.15) is 7.49 Å². The average Bonchev–Trinajstić information content (AvgIpc) is 1.63. The highest BCUT2D eigenvalue weighted by molar-refractivity contribution is 7.69. The van der Waals surface area contributed by atoms with Crippen molar-refractivity contribution in [1.82, 2.24) is 0 Å². The zero-order valence-corrected chi connectivity index (χ0v) is 8.03. The Balaban J connectivity index is 3.58. The molecule has 1 nitrogen and oxygen atoms in total. The van der Waals surface area contributed by atoms with Crippen molar-refractivity contribution in [3.8, 4) is 0 Å². The summed E-state index contributed by atoms with van der Waals surface area (Å²) in [6.07, 6.45) is 1.58.